The van der Waals surface area contributed by atoms with Crippen LogP contribution < -0.4 is 11.5 Å². The van der Waals surface area contributed by atoms with Crippen LogP contribution in [-0.2, 0) is 4.79 Å². The molecule has 1 aromatic carbocycles. The van der Waals surface area contributed by atoms with Gasteiger partial charge in [-0.1, -0.05) is 48.6 Å². The Labute approximate surface area is 133 Å². The molecule has 1 aliphatic heterocycles. The summed E-state index contributed by atoms with van der Waals surface area (Å²) >= 11 is 0. The molecule has 2 bridgehead atoms. The van der Waals surface area contributed by atoms with Crippen LogP contribution in [0.25, 0.3) is 5.57 Å². The molecule has 0 saturated heterocycles. The summed E-state index contributed by atoms with van der Waals surface area (Å²) < 4.78 is 0. The van der Waals surface area contributed by atoms with Crippen molar-refractivity contribution in [2.24, 2.45) is 5.18 Å². The van der Waals surface area contributed by atoms with Gasteiger partial charge in [0, 0.05) is 5.57 Å². The Hall–Kier alpha value is -3.05. The van der Waals surface area contributed by atoms with Crippen molar-refractivity contribution in [3.05, 3.63) is 93.2 Å². The van der Waals surface area contributed by atoms with Crippen molar-refractivity contribution in [1.29, 1.82) is 0 Å². The molecule has 0 aromatic heterocycles. The number of rotatable bonds is 3. The SMILES string of the molecule is N.O=NC1=CC(=C(C2=CC3=CC=C2C3)c2ccccc2)NC1=O. The zero-order chi connectivity index (χ0) is 15.1. The van der Waals surface area contributed by atoms with E-state index in [-0.39, 0.29) is 11.8 Å². The van der Waals surface area contributed by atoms with Crippen molar-refractivity contribution in [2.45, 2.75) is 6.42 Å². The first kappa shape index (κ1) is 14.9. The van der Waals surface area contributed by atoms with Crippen molar-refractivity contribution in [3.8, 4) is 0 Å². The van der Waals surface area contributed by atoms with Crippen LogP contribution in [0.5, 0.6) is 0 Å². The molecule has 0 spiro atoms. The van der Waals surface area contributed by atoms with Crippen LogP contribution in [0.1, 0.15) is 12.0 Å². The Morgan fingerprint density at radius 1 is 1.09 bits per heavy atom. The molecule has 0 unspecified atom stereocenters. The first-order valence-electron chi connectivity index (χ1n) is 7.04. The summed E-state index contributed by atoms with van der Waals surface area (Å²) in [5.41, 5.74) is 6.08. The van der Waals surface area contributed by atoms with E-state index in [0.29, 0.717) is 5.70 Å². The van der Waals surface area contributed by atoms with Gasteiger partial charge in [0.25, 0.3) is 5.91 Å². The van der Waals surface area contributed by atoms with E-state index in [0.717, 1.165) is 23.1 Å². The second-order valence-corrected chi connectivity index (χ2v) is 5.40. The third kappa shape index (κ3) is 2.37. The number of nitrogens with one attached hydrogen (secondary N) is 1. The maximum absolute atomic E-state index is 11.8. The van der Waals surface area contributed by atoms with Crippen molar-refractivity contribution < 1.29 is 4.79 Å². The molecule has 2 aliphatic carbocycles. The lowest BCUT2D eigenvalue weighted by Gasteiger charge is -2.14. The third-order valence-corrected chi connectivity index (χ3v) is 4.03. The molecule has 4 rings (SSSR count). The lowest BCUT2D eigenvalue weighted by molar-refractivity contribution is -0.116. The molecule has 1 heterocycles. The highest BCUT2D eigenvalue weighted by Crippen LogP contribution is 2.43. The van der Waals surface area contributed by atoms with E-state index in [9.17, 15) is 9.70 Å². The first-order valence-corrected chi connectivity index (χ1v) is 7.04. The topological polar surface area (TPSA) is 93.5 Å². The Morgan fingerprint density at radius 2 is 1.87 bits per heavy atom. The predicted molar refractivity (Wildman–Crippen MR) is 89.3 cm³/mol. The first-order chi connectivity index (χ1) is 10.8. The fourth-order valence-corrected chi connectivity index (χ4v) is 3.03. The van der Waals surface area contributed by atoms with Crippen LogP contribution in [0.2, 0.25) is 0 Å². The fraction of sp³-hybridized carbons (Fsp3) is 0.0556. The van der Waals surface area contributed by atoms with Crippen molar-refractivity contribution in [3.63, 3.8) is 0 Å². The van der Waals surface area contributed by atoms with Gasteiger partial charge in [0.15, 0.2) is 5.70 Å². The second kappa shape index (κ2) is 5.62. The quantitative estimate of drug-likeness (QED) is 0.836. The van der Waals surface area contributed by atoms with Crippen LogP contribution in [0.4, 0.5) is 0 Å². The minimum atomic E-state index is -0.449. The standard InChI is InChI=1S/C18H12N2O2.H3N/c21-18-16(20-22)10-15(19-18)17(12-4-2-1-3-5-12)14-9-11-6-7-13(14)8-11;/h1-7,9-10H,8H2,(H,19,21);1H3. The molecule has 3 aliphatic rings. The lowest BCUT2D eigenvalue weighted by Crippen LogP contribution is -2.17. The van der Waals surface area contributed by atoms with Crippen LogP contribution in [0.15, 0.2) is 87.9 Å². The lowest BCUT2D eigenvalue weighted by atomic mass is 9.92. The minimum absolute atomic E-state index is 0. The van der Waals surface area contributed by atoms with Gasteiger partial charge in [0.05, 0.1) is 5.70 Å². The van der Waals surface area contributed by atoms with Gasteiger partial charge in [-0.05, 0) is 40.0 Å². The molecule has 0 saturated carbocycles. The summed E-state index contributed by atoms with van der Waals surface area (Å²) in [6.07, 6.45) is 8.80. The normalized spacial score (nSPS) is 20.1. The van der Waals surface area contributed by atoms with E-state index in [1.54, 1.807) is 0 Å². The van der Waals surface area contributed by atoms with Gasteiger partial charge in [-0.25, -0.2) is 0 Å². The van der Waals surface area contributed by atoms with Crippen molar-refractivity contribution in [2.75, 3.05) is 0 Å². The molecule has 5 nitrogen and oxygen atoms in total. The molecular weight excluding hydrogens is 290 g/mol. The Balaban J connectivity index is 0.00000156. The molecule has 4 N–H and O–H groups in total. The molecular formula is C18H15N3O2. The van der Waals surface area contributed by atoms with Gasteiger partial charge in [-0.3, -0.25) is 4.79 Å². The van der Waals surface area contributed by atoms with Crippen molar-refractivity contribution in [1.82, 2.24) is 11.5 Å². The van der Waals surface area contributed by atoms with E-state index in [1.165, 1.54) is 17.2 Å². The highest BCUT2D eigenvalue weighted by Gasteiger charge is 2.28. The average Bonchev–Trinajstić information content (AvgIpc) is 3.24. The summed E-state index contributed by atoms with van der Waals surface area (Å²) in [4.78, 5) is 22.5. The Morgan fingerprint density at radius 3 is 2.43 bits per heavy atom. The van der Waals surface area contributed by atoms with Gasteiger partial charge in [-0.2, -0.15) is 0 Å². The highest BCUT2D eigenvalue weighted by atomic mass is 16.3. The van der Waals surface area contributed by atoms with Crippen LogP contribution in [-0.4, -0.2) is 5.91 Å². The van der Waals surface area contributed by atoms with Gasteiger partial charge >= 0.3 is 0 Å². The number of hydrogen-bond donors (Lipinski definition) is 2. The van der Waals surface area contributed by atoms with Crippen molar-refractivity contribution >= 4 is 11.5 Å². The minimum Gasteiger partial charge on any atom is -0.344 e. The van der Waals surface area contributed by atoms with Gasteiger partial charge in [-0.15, -0.1) is 4.91 Å². The molecule has 114 valence electrons. The van der Waals surface area contributed by atoms with E-state index < -0.39 is 5.91 Å². The number of hydrogen-bond acceptors (Lipinski definition) is 4. The summed E-state index contributed by atoms with van der Waals surface area (Å²) in [5, 5.41) is 5.55. The number of nitrogens with zero attached hydrogens (tertiary/aromatic N) is 1. The van der Waals surface area contributed by atoms with Crippen LogP contribution in [0, 0.1) is 4.91 Å². The number of amides is 1. The zero-order valence-corrected chi connectivity index (χ0v) is 12.4. The number of allylic oxidation sites excluding steroid dienone is 8. The highest BCUT2D eigenvalue weighted by molar-refractivity contribution is 6.02. The molecule has 1 amide bonds. The van der Waals surface area contributed by atoms with E-state index >= 15 is 0 Å². The monoisotopic (exact) mass is 305 g/mol. The van der Waals surface area contributed by atoms with E-state index in [1.807, 2.05) is 30.3 Å². The maximum Gasteiger partial charge on any atom is 0.277 e. The van der Waals surface area contributed by atoms with Gasteiger partial charge in [0.1, 0.15) is 0 Å². The third-order valence-electron chi connectivity index (χ3n) is 4.03. The predicted octanol–water partition coefficient (Wildman–Crippen LogP) is 3.54. The Bertz CT molecular complexity index is 856. The summed E-state index contributed by atoms with van der Waals surface area (Å²) in [5.74, 6) is -0.449. The zero-order valence-electron chi connectivity index (χ0n) is 12.4. The number of carbonyl (C=O) groups is 1. The number of benzene rings is 1. The van der Waals surface area contributed by atoms with E-state index in [4.69, 9.17) is 0 Å². The van der Waals surface area contributed by atoms with Crippen LogP contribution >= 0.6 is 0 Å². The summed E-state index contributed by atoms with van der Waals surface area (Å²) in [6, 6.07) is 9.85. The molecule has 0 atom stereocenters. The Kier molecular flexibility index (Phi) is 3.64. The largest absolute Gasteiger partial charge is 0.344 e. The molecule has 5 heteroatoms. The van der Waals surface area contributed by atoms with Gasteiger partial charge in [0.2, 0.25) is 0 Å². The second-order valence-electron chi connectivity index (χ2n) is 5.40. The van der Waals surface area contributed by atoms with E-state index in [2.05, 4.69) is 28.7 Å². The summed E-state index contributed by atoms with van der Waals surface area (Å²) in [7, 11) is 0. The molecule has 23 heavy (non-hydrogen) atoms. The molecule has 0 fully saturated rings. The molecule has 0 radical (unpaired) electrons. The average molecular weight is 305 g/mol. The smallest absolute Gasteiger partial charge is 0.277 e. The number of fused-ring (bicyclic) bond motifs is 2. The molecule has 1 aromatic rings. The summed E-state index contributed by atoms with van der Waals surface area (Å²) in [6.45, 7) is 0. The van der Waals surface area contributed by atoms with Gasteiger partial charge < -0.3 is 11.5 Å². The number of nitroso groups, excluding NO2 is 1. The maximum atomic E-state index is 11.8. The number of carbonyl (C=O) groups excluding carboxylic acids is 1. The van der Waals surface area contributed by atoms with Crippen LogP contribution in [0.3, 0.4) is 0 Å². The fourth-order valence-electron chi connectivity index (χ4n) is 3.03.